The summed E-state index contributed by atoms with van der Waals surface area (Å²) in [5, 5.41) is 18.5. The molecule has 2 aromatic heterocycles. The van der Waals surface area contributed by atoms with Gasteiger partial charge in [-0.25, -0.2) is 19.1 Å². The Morgan fingerprint density at radius 2 is 1.97 bits per heavy atom. The van der Waals surface area contributed by atoms with E-state index in [1.165, 1.54) is 23.5 Å². The molecule has 0 saturated heterocycles. The first-order valence-corrected chi connectivity index (χ1v) is 13.3. The minimum atomic E-state index is -0.756. The zero-order valence-corrected chi connectivity index (χ0v) is 21.8. The van der Waals surface area contributed by atoms with Crippen LogP contribution < -0.4 is 10.2 Å². The van der Waals surface area contributed by atoms with Gasteiger partial charge in [0.1, 0.15) is 23.1 Å². The summed E-state index contributed by atoms with van der Waals surface area (Å²) in [7, 11) is 0. The highest BCUT2D eigenvalue weighted by molar-refractivity contribution is 5.96. The molecule has 9 heteroatoms. The van der Waals surface area contributed by atoms with E-state index in [0.29, 0.717) is 35.4 Å². The Hall–Kier alpha value is -3.20. The maximum Gasteiger partial charge on any atom is 0.420 e. The SMILES string of the molecule is CC(C)(C)OC(=O)N(c1cccc(F)c1)c1cc(NC[C@H]2CCCC[C@@H]2O)nc2c(C3CCC3)cnn12. The van der Waals surface area contributed by atoms with Crippen LogP contribution in [0.1, 0.15) is 77.2 Å². The molecule has 37 heavy (non-hydrogen) atoms. The van der Waals surface area contributed by atoms with E-state index in [4.69, 9.17) is 9.72 Å². The van der Waals surface area contributed by atoms with Crippen molar-refractivity contribution in [2.24, 2.45) is 5.92 Å². The van der Waals surface area contributed by atoms with Crippen molar-refractivity contribution in [1.82, 2.24) is 14.6 Å². The number of carbonyl (C=O) groups excluding carboxylic acids is 1. The van der Waals surface area contributed by atoms with Gasteiger partial charge in [0.2, 0.25) is 0 Å². The lowest BCUT2D eigenvalue weighted by atomic mass is 9.81. The van der Waals surface area contributed by atoms with Crippen molar-refractivity contribution in [3.8, 4) is 0 Å². The van der Waals surface area contributed by atoms with Crippen LogP contribution in [0.2, 0.25) is 0 Å². The molecule has 5 rings (SSSR count). The van der Waals surface area contributed by atoms with E-state index in [0.717, 1.165) is 44.1 Å². The number of aliphatic hydroxyl groups is 1. The Labute approximate surface area is 216 Å². The number of aliphatic hydroxyl groups excluding tert-OH is 1. The van der Waals surface area contributed by atoms with Crippen LogP contribution in [0, 0.1) is 11.7 Å². The first-order valence-electron chi connectivity index (χ1n) is 13.3. The first-order chi connectivity index (χ1) is 17.7. The second kappa shape index (κ2) is 10.3. The quantitative estimate of drug-likeness (QED) is 0.413. The molecule has 8 nitrogen and oxygen atoms in total. The van der Waals surface area contributed by atoms with Gasteiger partial charge in [-0.3, -0.25) is 0 Å². The Morgan fingerprint density at radius 3 is 2.65 bits per heavy atom. The number of halogens is 1. The fraction of sp³-hybridized carbons (Fsp3) is 0.536. The number of aromatic nitrogens is 3. The molecule has 1 amide bonds. The minimum absolute atomic E-state index is 0.136. The molecule has 0 bridgehead atoms. The third-order valence-electron chi connectivity index (χ3n) is 7.31. The Morgan fingerprint density at radius 1 is 1.19 bits per heavy atom. The van der Waals surface area contributed by atoms with Crippen LogP contribution in [0.3, 0.4) is 0 Å². The van der Waals surface area contributed by atoms with Gasteiger partial charge in [0.05, 0.1) is 18.0 Å². The molecule has 0 aliphatic heterocycles. The molecule has 2 N–H and O–H groups in total. The van der Waals surface area contributed by atoms with Gasteiger partial charge < -0.3 is 15.2 Å². The predicted octanol–water partition coefficient (Wildman–Crippen LogP) is 6.17. The number of hydrogen-bond donors (Lipinski definition) is 2. The number of nitrogens with zero attached hydrogens (tertiary/aromatic N) is 4. The number of carbonyl (C=O) groups is 1. The topological polar surface area (TPSA) is 92.0 Å². The fourth-order valence-corrected chi connectivity index (χ4v) is 5.14. The molecule has 3 aromatic rings. The van der Waals surface area contributed by atoms with Gasteiger partial charge in [-0.1, -0.05) is 25.3 Å². The minimum Gasteiger partial charge on any atom is -0.443 e. The number of hydrogen-bond acceptors (Lipinski definition) is 6. The lowest BCUT2D eigenvalue weighted by Gasteiger charge is -2.29. The molecule has 2 saturated carbocycles. The summed E-state index contributed by atoms with van der Waals surface area (Å²) < 4.78 is 21.7. The molecule has 2 fully saturated rings. The highest BCUT2D eigenvalue weighted by atomic mass is 19.1. The molecule has 198 valence electrons. The lowest BCUT2D eigenvalue weighted by molar-refractivity contribution is 0.0597. The zero-order chi connectivity index (χ0) is 26.2. The van der Waals surface area contributed by atoms with Gasteiger partial charge in [0, 0.05) is 24.1 Å². The normalized spacial score (nSPS) is 20.5. The highest BCUT2D eigenvalue weighted by Gasteiger charge is 2.31. The Bertz CT molecular complexity index is 1270. The van der Waals surface area contributed by atoms with E-state index in [1.54, 1.807) is 43.5 Å². The molecular formula is C28H36FN5O3. The van der Waals surface area contributed by atoms with Crippen molar-refractivity contribution in [1.29, 1.82) is 0 Å². The Balaban J connectivity index is 1.60. The van der Waals surface area contributed by atoms with E-state index < -0.39 is 17.5 Å². The second-order valence-corrected chi connectivity index (χ2v) is 11.3. The summed E-state index contributed by atoms with van der Waals surface area (Å²) in [4.78, 5) is 19.8. The van der Waals surface area contributed by atoms with Crippen molar-refractivity contribution in [3.63, 3.8) is 0 Å². The molecule has 2 heterocycles. The monoisotopic (exact) mass is 509 g/mol. The molecule has 2 aliphatic carbocycles. The number of rotatable bonds is 6. The number of anilines is 3. The van der Waals surface area contributed by atoms with E-state index in [2.05, 4.69) is 10.4 Å². The van der Waals surface area contributed by atoms with Crippen LogP contribution in [-0.4, -0.2) is 44.0 Å². The summed E-state index contributed by atoms with van der Waals surface area (Å²) in [6.07, 6.45) is 8.07. The zero-order valence-electron chi connectivity index (χ0n) is 21.8. The van der Waals surface area contributed by atoms with Gasteiger partial charge in [0.25, 0.3) is 0 Å². The number of nitrogens with one attached hydrogen (secondary N) is 1. The van der Waals surface area contributed by atoms with E-state index >= 15 is 0 Å². The molecule has 2 aliphatic rings. The lowest BCUT2D eigenvalue weighted by Crippen LogP contribution is -2.35. The van der Waals surface area contributed by atoms with Crippen molar-refractivity contribution in [3.05, 3.63) is 47.9 Å². The van der Waals surface area contributed by atoms with Gasteiger partial charge >= 0.3 is 6.09 Å². The molecular weight excluding hydrogens is 473 g/mol. The van der Waals surface area contributed by atoms with E-state index in [9.17, 15) is 14.3 Å². The number of amides is 1. The van der Waals surface area contributed by atoms with E-state index in [1.807, 2.05) is 6.20 Å². The van der Waals surface area contributed by atoms with Gasteiger partial charge in [0.15, 0.2) is 5.65 Å². The molecule has 0 unspecified atom stereocenters. The van der Waals surface area contributed by atoms with Crippen LogP contribution in [0.15, 0.2) is 36.5 Å². The maximum absolute atomic E-state index is 14.3. The highest BCUT2D eigenvalue weighted by Crippen LogP contribution is 2.40. The van der Waals surface area contributed by atoms with Gasteiger partial charge in [-0.15, -0.1) is 0 Å². The molecule has 2 atom stereocenters. The van der Waals surface area contributed by atoms with Crippen molar-refractivity contribution in [2.75, 3.05) is 16.8 Å². The third-order valence-corrected chi connectivity index (χ3v) is 7.31. The van der Waals surface area contributed by atoms with Crippen molar-refractivity contribution >= 4 is 29.1 Å². The largest absolute Gasteiger partial charge is 0.443 e. The van der Waals surface area contributed by atoms with Crippen LogP contribution in [-0.2, 0) is 4.74 Å². The first kappa shape index (κ1) is 25.4. The summed E-state index contributed by atoms with van der Waals surface area (Å²) >= 11 is 0. The summed E-state index contributed by atoms with van der Waals surface area (Å²) in [5.74, 6) is 1.03. The number of fused-ring (bicyclic) bond motifs is 1. The maximum atomic E-state index is 14.3. The summed E-state index contributed by atoms with van der Waals surface area (Å²) in [6.45, 7) is 5.95. The second-order valence-electron chi connectivity index (χ2n) is 11.3. The van der Waals surface area contributed by atoms with E-state index in [-0.39, 0.29) is 12.0 Å². The average Bonchev–Trinajstić information content (AvgIpc) is 3.20. The standard InChI is InChI=1S/C28H36FN5O3/c1-28(2,3)37-27(36)33(21-12-7-11-20(29)14-21)25-15-24(30-16-19-8-4-5-13-23(19)35)32-26-22(17-31-34(25)26)18-9-6-10-18/h7,11-12,14-15,17-19,23,35H,4-6,8-10,13,16H2,1-3H3,(H,30,32)/t19-,23+/m1/s1. The fourth-order valence-electron chi connectivity index (χ4n) is 5.14. The van der Waals surface area contributed by atoms with Crippen LogP contribution in [0.25, 0.3) is 5.65 Å². The smallest absolute Gasteiger partial charge is 0.420 e. The molecule has 0 radical (unpaired) electrons. The number of benzene rings is 1. The van der Waals surface area contributed by atoms with Gasteiger partial charge in [-0.2, -0.15) is 9.61 Å². The predicted molar refractivity (Wildman–Crippen MR) is 141 cm³/mol. The third kappa shape index (κ3) is 5.56. The van der Waals surface area contributed by atoms with Gasteiger partial charge in [-0.05, 0) is 70.6 Å². The van der Waals surface area contributed by atoms with Crippen molar-refractivity contribution < 1.29 is 19.0 Å². The summed E-state index contributed by atoms with van der Waals surface area (Å²) in [6, 6.07) is 7.62. The molecule has 0 spiro atoms. The molecule has 1 aromatic carbocycles. The summed E-state index contributed by atoms with van der Waals surface area (Å²) in [5.41, 5.74) is 1.28. The van der Waals surface area contributed by atoms with Crippen LogP contribution in [0.5, 0.6) is 0 Å². The van der Waals surface area contributed by atoms with Crippen LogP contribution in [0.4, 0.5) is 26.5 Å². The van der Waals surface area contributed by atoms with Crippen LogP contribution >= 0.6 is 0 Å². The average molecular weight is 510 g/mol. The van der Waals surface area contributed by atoms with Crippen molar-refractivity contribution in [2.45, 2.75) is 83.3 Å². The number of ether oxygens (including phenoxy) is 1. The Kier molecular flexibility index (Phi) is 7.07.